The number of aromatic nitrogens is 1. The average Bonchev–Trinajstić information content (AvgIpc) is 2.67. The average molecular weight is 270 g/mol. The van der Waals surface area contributed by atoms with Crippen molar-refractivity contribution in [3.8, 4) is 0 Å². The van der Waals surface area contributed by atoms with Crippen LogP contribution >= 0.6 is 11.8 Å². The van der Waals surface area contributed by atoms with Gasteiger partial charge in [0.15, 0.2) is 0 Å². The lowest BCUT2D eigenvalue weighted by molar-refractivity contribution is -0.119. The Bertz CT molecular complexity index is 367. The Morgan fingerprint density at radius 3 is 2.56 bits per heavy atom. The van der Waals surface area contributed by atoms with Gasteiger partial charge in [-0.25, -0.2) is 0 Å². The molecular weight excluding hydrogens is 248 g/mol. The van der Waals surface area contributed by atoms with E-state index < -0.39 is 0 Å². The van der Waals surface area contributed by atoms with Crippen molar-refractivity contribution in [2.45, 2.75) is 52.3 Å². The smallest absolute Gasteiger partial charge is 0.230 e. The first kappa shape index (κ1) is 15.1. The first-order chi connectivity index (χ1) is 8.58. The molecule has 0 aliphatic rings. The van der Waals surface area contributed by atoms with Gasteiger partial charge in [-0.1, -0.05) is 19.0 Å². The molecule has 1 aromatic rings. The minimum absolute atomic E-state index is 0.112. The topological polar surface area (TPSA) is 55.1 Å². The normalized spacial score (nSPS) is 10.9. The zero-order valence-corrected chi connectivity index (χ0v) is 12.4. The highest BCUT2D eigenvalue weighted by atomic mass is 32.2. The highest BCUT2D eigenvalue weighted by molar-refractivity contribution is 7.99. The summed E-state index contributed by atoms with van der Waals surface area (Å²) in [6.07, 6.45) is 1.97. The maximum absolute atomic E-state index is 11.7. The zero-order valence-electron chi connectivity index (χ0n) is 11.6. The van der Waals surface area contributed by atoms with Gasteiger partial charge in [0, 0.05) is 17.4 Å². The van der Waals surface area contributed by atoms with Gasteiger partial charge in [-0.05, 0) is 26.7 Å². The van der Waals surface area contributed by atoms with Gasteiger partial charge in [-0.15, -0.1) is 11.8 Å². The number of hydrogen-bond acceptors (Lipinski definition) is 4. The summed E-state index contributed by atoms with van der Waals surface area (Å²) in [5.41, 5.74) is 2.02. The number of nitrogens with zero attached hydrogens (tertiary/aromatic N) is 1. The molecule has 0 aliphatic carbocycles. The number of hydrogen-bond donors (Lipinski definition) is 1. The van der Waals surface area contributed by atoms with Crippen molar-refractivity contribution >= 4 is 17.7 Å². The molecule has 18 heavy (non-hydrogen) atoms. The van der Waals surface area contributed by atoms with Gasteiger partial charge in [-0.2, -0.15) is 0 Å². The lowest BCUT2D eigenvalue weighted by Gasteiger charge is -2.14. The van der Waals surface area contributed by atoms with Crippen LogP contribution in [0.25, 0.3) is 0 Å². The van der Waals surface area contributed by atoms with Gasteiger partial charge in [0.05, 0.1) is 11.4 Å². The molecule has 1 heterocycles. The third-order valence-electron chi connectivity index (χ3n) is 3.01. The molecule has 0 atom stereocenters. The molecule has 0 unspecified atom stereocenters. The largest absolute Gasteiger partial charge is 0.361 e. The van der Waals surface area contributed by atoms with Crippen molar-refractivity contribution in [1.82, 2.24) is 10.5 Å². The van der Waals surface area contributed by atoms with Crippen LogP contribution in [-0.2, 0) is 10.5 Å². The fourth-order valence-corrected chi connectivity index (χ4v) is 2.70. The van der Waals surface area contributed by atoms with Gasteiger partial charge in [0.25, 0.3) is 0 Å². The van der Waals surface area contributed by atoms with E-state index in [1.807, 2.05) is 13.8 Å². The highest BCUT2D eigenvalue weighted by Crippen LogP contribution is 2.19. The molecule has 0 aromatic carbocycles. The number of nitrogens with one attached hydrogen (secondary N) is 1. The van der Waals surface area contributed by atoms with E-state index in [1.165, 1.54) is 0 Å². The van der Waals surface area contributed by atoms with Crippen LogP contribution in [0.3, 0.4) is 0 Å². The van der Waals surface area contributed by atoms with Gasteiger partial charge in [-0.3, -0.25) is 4.79 Å². The maximum Gasteiger partial charge on any atom is 0.230 e. The van der Waals surface area contributed by atoms with Crippen molar-refractivity contribution < 1.29 is 9.32 Å². The summed E-state index contributed by atoms with van der Waals surface area (Å²) in [6.45, 7) is 8.01. The minimum atomic E-state index is 0.112. The number of rotatable bonds is 7. The molecule has 0 aliphatic heterocycles. The lowest BCUT2D eigenvalue weighted by Crippen LogP contribution is -2.35. The molecule has 0 saturated heterocycles. The summed E-state index contributed by atoms with van der Waals surface area (Å²) < 4.78 is 5.09. The molecule has 102 valence electrons. The monoisotopic (exact) mass is 270 g/mol. The van der Waals surface area contributed by atoms with Crippen LogP contribution in [0, 0.1) is 13.8 Å². The molecule has 0 fully saturated rings. The van der Waals surface area contributed by atoms with Crippen molar-refractivity contribution in [2.75, 3.05) is 5.75 Å². The molecule has 0 radical (unpaired) electrons. The van der Waals surface area contributed by atoms with Crippen LogP contribution in [0.2, 0.25) is 0 Å². The molecule has 1 aromatic heterocycles. The third kappa shape index (κ3) is 4.37. The zero-order chi connectivity index (χ0) is 13.5. The van der Waals surface area contributed by atoms with Gasteiger partial charge in [0.2, 0.25) is 5.91 Å². The molecular formula is C13H22N2O2S. The van der Waals surface area contributed by atoms with Crippen LogP contribution in [-0.4, -0.2) is 22.9 Å². The number of thioether (sulfide) groups is 1. The highest BCUT2D eigenvalue weighted by Gasteiger charge is 2.11. The molecule has 0 bridgehead atoms. The first-order valence-electron chi connectivity index (χ1n) is 6.37. The quantitative estimate of drug-likeness (QED) is 0.827. The van der Waals surface area contributed by atoms with Gasteiger partial charge >= 0.3 is 0 Å². The Morgan fingerprint density at radius 2 is 2.06 bits per heavy atom. The maximum atomic E-state index is 11.7. The van der Waals surface area contributed by atoms with E-state index in [0.29, 0.717) is 11.8 Å². The van der Waals surface area contributed by atoms with E-state index in [0.717, 1.165) is 35.6 Å². The minimum Gasteiger partial charge on any atom is -0.361 e. The fraction of sp³-hybridized carbons (Fsp3) is 0.692. The molecule has 0 spiro atoms. The van der Waals surface area contributed by atoms with Crippen molar-refractivity contribution in [3.05, 3.63) is 17.0 Å². The van der Waals surface area contributed by atoms with Crippen LogP contribution in [0.15, 0.2) is 4.52 Å². The summed E-state index contributed by atoms with van der Waals surface area (Å²) in [4.78, 5) is 11.7. The molecule has 4 nitrogen and oxygen atoms in total. The van der Waals surface area contributed by atoms with E-state index in [1.54, 1.807) is 11.8 Å². The molecule has 5 heteroatoms. The molecule has 1 amide bonds. The van der Waals surface area contributed by atoms with Crippen LogP contribution in [0.1, 0.15) is 43.7 Å². The van der Waals surface area contributed by atoms with Crippen molar-refractivity contribution in [1.29, 1.82) is 0 Å². The Kier molecular flexibility index (Phi) is 6.25. The van der Waals surface area contributed by atoms with Crippen LogP contribution in [0.5, 0.6) is 0 Å². The second kappa shape index (κ2) is 7.46. The first-order valence-corrected chi connectivity index (χ1v) is 7.52. The summed E-state index contributed by atoms with van der Waals surface area (Å²) >= 11 is 1.60. The molecule has 1 N–H and O–H groups in total. The summed E-state index contributed by atoms with van der Waals surface area (Å²) in [5.74, 6) is 2.22. The summed E-state index contributed by atoms with van der Waals surface area (Å²) in [6, 6.07) is 0.303. The van der Waals surface area contributed by atoms with Crippen molar-refractivity contribution in [2.24, 2.45) is 0 Å². The van der Waals surface area contributed by atoms with E-state index in [9.17, 15) is 4.79 Å². The second-order valence-electron chi connectivity index (χ2n) is 4.38. The fourth-order valence-electron chi connectivity index (χ4n) is 1.72. The van der Waals surface area contributed by atoms with Gasteiger partial charge in [0.1, 0.15) is 5.76 Å². The van der Waals surface area contributed by atoms with Crippen LogP contribution in [0.4, 0.5) is 0 Å². The number of carbonyl (C=O) groups is 1. The lowest BCUT2D eigenvalue weighted by atomic mass is 10.2. The standard InChI is InChI=1S/C13H22N2O2S/c1-5-11(6-2)14-13(16)8-18-7-12-9(3)15-17-10(12)4/h11H,5-8H2,1-4H3,(H,14,16). The SMILES string of the molecule is CCC(CC)NC(=O)CSCc1c(C)noc1C. The molecule has 1 rings (SSSR count). The predicted molar refractivity (Wildman–Crippen MR) is 74.7 cm³/mol. The number of amides is 1. The van der Waals surface area contributed by atoms with E-state index in [4.69, 9.17) is 4.52 Å². The Hall–Kier alpha value is -0.970. The second-order valence-corrected chi connectivity index (χ2v) is 5.36. The predicted octanol–water partition coefficient (Wildman–Crippen LogP) is 2.83. The Morgan fingerprint density at radius 1 is 1.39 bits per heavy atom. The molecule has 0 saturated carbocycles. The number of aryl methyl sites for hydroxylation is 2. The van der Waals surface area contributed by atoms with Crippen molar-refractivity contribution in [3.63, 3.8) is 0 Å². The van der Waals surface area contributed by atoms with E-state index in [-0.39, 0.29) is 5.91 Å². The summed E-state index contributed by atoms with van der Waals surface area (Å²) in [7, 11) is 0. The van der Waals surface area contributed by atoms with Crippen LogP contribution < -0.4 is 5.32 Å². The third-order valence-corrected chi connectivity index (χ3v) is 3.97. The van der Waals surface area contributed by atoms with E-state index in [2.05, 4.69) is 24.3 Å². The summed E-state index contributed by atoms with van der Waals surface area (Å²) in [5, 5.41) is 6.93. The van der Waals surface area contributed by atoms with E-state index >= 15 is 0 Å². The Labute approximate surface area is 113 Å². The van der Waals surface area contributed by atoms with Gasteiger partial charge < -0.3 is 9.84 Å². The Balaban J connectivity index is 2.32. The number of carbonyl (C=O) groups excluding carboxylic acids is 1.